The van der Waals surface area contributed by atoms with Gasteiger partial charge in [-0.3, -0.25) is 0 Å². The normalized spacial score (nSPS) is 49.8. The molecular weight excluding hydrogens is 326 g/mol. The van der Waals surface area contributed by atoms with E-state index < -0.39 is 67.5 Å². The van der Waals surface area contributed by atoms with E-state index in [1.807, 2.05) is 0 Å². The van der Waals surface area contributed by atoms with E-state index in [-0.39, 0.29) is 12.0 Å². The Labute approximate surface area is 137 Å². The lowest BCUT2D eigenvalue weighted by atomic mass is 9.75. The van der Waals surface area contributed by atoms with E-state index in [2.05, 4.69) is 5.32 Å². The lowest BCUT2D eigenvalue weighted by molar-refractivity contribution is -0.208. The van der Waals surface area contributed by atoms with Crippen LogP contribution in [0.4, 0.5) is 0 Å². The van der Waals surface area contributed by atoms with Gasteiger partial charge in [-0.15, -0.1) is 0 Å². The van der Waals surface area contributed by atoms with Gasteiger partial charge in [0.1, 0.15) is 36.1 Å². The molecule has 2 aliphatic carbocycles. The zero-order chi connectivity index (χ0) is 18.2. The minimum Gasteiger partial charge on any atom is -0.393 e. The SMILES string of the molecule is OCC1=C[C@H](N[C@H]2C[C@](O)(CO)[C@@H](O)[C@H](O)[C@H]2O)[C@H](O)[C@@H](O)[C@@H]1O. The Morgan fingerprint density at radius 2 is 1.58 bits per heavy atom. The summed E-state index contributed by atoms with van der Waals surface area (Å²) in [5.74, 6) is 0. The summed E-state index contributed by atoms with van der Waals surface area (Å²) in [4.78, 5) is 0. The average molecular weight is 351 g/mol. The Bertz CT molecular complexity index is 475. The largest absolute Gasteiger partial charge is 0.393 e. The number of hydrogen-bond donors (Lipinski definition) is 10. The van der Waals surface area contributed by atoms with E-state index in [1.54, 1.807) is 0 Å². The van der Waals surface area contributed by atoms with Gasteiger partial charge < -0.3 is 51.3 Å². The van der Waals surface area contributed by atoms with E-state index in [4.69, 9.17) is 0 Å². The van der Waals surface area contributed by atoms with Gasteiger partial charge in [-0.05, 0) is 12.0 Å². The molecular formula is C14H25NO9. The van der Waals surface area contributed by atoms with Gasteiger partial charge in [0, 0.05) is 6.04 Å². The first-order valence-corrected chi connectivity index (χ1v) is 7.65. The molecule has 10 nitrogen and oxygen atoms in total. The first kappa shape index (κ1) is 19.7. The number of aliphatic hydroxyl groups excluding tert-OH is 8. The second-order valence-corrected chi connectivity index (χ2v) is 6.52. The third-order valence-electron chi connectivity index (χ3n) is 4.89. The van der Waals surface area contributed by atoms with Gasteiger partial charge in [0.2, 0.25) is 0 Å². The number of aliphatic hydroxyl groups is 9. The van der Waals surface area contributed by atoms with Crippen molar-refractivity contribution in [2.24, 2.45) is 0 Å². The highest BCUT2D eigenvalue weighted by Crippen LogP contribution is 2.31. The van der Waals surface area contributed by atoms with Gasteiger partial charge in [0.05, 0.1) is 25.4 Å². The molecule has 0 saturated heterocycles. The molecule has 2 rings (SSSR count). The second kappa shape index (κ2) is 7.30. The molecule has 1 fully saturated rings. The van der Waals surface area contributed by atoms with Crippen LogP contribution in [0.25, 0.3) is 0 Å². The van der Waals surface area contributed by atoms with Gasteiger partial charge in [-0.2, -0.15) is 0 Å². The first-order valence-electron chi connectivity index (χ1n) is 7.65. The quantitative estimate of drug-likeness (QED) is 0.218. The summed E-state index contributed by atoms with van der Waals surface area (Å²) in [6, 6.07) is -2.05. The Morgan fingerprint density at radius 1 is 0.958 bits per heavy atom. The van der Waals surface area contributed by atoms with Crippen molar-refractivity contribution in [3.63, 3.8) is 0 Å². The van der Waals surface area contributed by atoms with Gasteiger partial charge >= 0.3 is 0 Å². The highest BCUT2D eigenvalue weighted by atomic mass is 16.4. The van der Waals surface area contributed by atoms with Crippen LogP contribution >= 0.6 is 0 Å². The van der Waals surface area contributed by atoms with Crippen molar-refractivity contribution in [1.29, 1.82) is 0 Å². The number of hydrogen-bond acceptors (Lipinski definition) is 10. The minimum atomic E-state index is -2.06. The van der Waals surface area contributed by atoms with Crippen molar-refractivity contribution in [2.45, 2.75) is 60.7 Å². The number of nitrogens with one attached hydrogen (secondary N) is 1. The Morgan fingerprint density at radius 3 is 2.12 bits per heavy atom. The van der Waals surface area contributed by atoms with Gasteiger partial charge in [-0.1, -0.05) is 6.08 Å². The van der Waals surface area contributed by atoms with Crippen LogP contribution < -0.4 is 5.32 Å². The third kappa shape index (κ3) is 3.35. The molecule has 0 heterocycles. The monoisotopic (exact) mass is 351 g/mol. The predicted molar refractivity (Wildman–Crippen MR) is 78.6 cm³/mol. The van der Waals surface area contributed by atoms with Crippen LogP contribution in [0.1, 0.15) is 6.42 Å². The van der Waals surface area contributed by atoms with Crippen LogP contribution in [0, 0.1) is 0 Å². The Balaban J connectivity index is 2.21. The number of rotatable bonds is 4. The zero-order valence-corrected chi connectivity index (χ0v) is 12.8. The van der Waals surface area contributed by atoms with Gasteiger partial charge in [0.15, 0.2) is 0 Å². The molecule has 0 aromatic carbocycles. The standard InChI is InChI=1S/C14H25NO9/c16-3-5-1-6(9(19)11(21)8(5)18)15-7-2-14(24,4-17)13(23)12(22)10(7)20/h1,6-13,15-24H,2-4H2/t6-,7-,8+,9-,10-,11-,12+,13-,14-/m0/s1. The third-order valence-corrected chi connectivity index (χ3v) is 4.89. The summed E-state index contributed by atoms with van der Waals surface area (Å²) >= 11 is 0. The maximum Gasteiger partial charge on any atom is 0.118 e. The lowest BCUT2D eigenvalue weighted by Crippen LogP contribution is -2.69. The Hall–Kier alpha value is -0.660. The molecule has 0 aromatic rings. The fourth-order valence-corrected chi connectivity index (χ4v) is 3.27. The van der Waals surface area contributed by atoms with Crippen LogP contribution in [0.5, 0.6) is 0 Å². The summed E-state index contributed by atoms with van der Waals surface area (Å²) in [5, 5.41) is 90.6. The molecule has 0 aromatic heterocycles. The smallest absolute Gasteiger partial charge is 0.118 e. The molecule has 10 N–H and O–H groups in total. The Kier molecular flexibility index (Phi) is 5.98. The average Bonchev–Trinajstić information content (AvgIpc) is 2.58. The summed E-state index contributed by atoms with van der Waals surface area (Å²) < 4.78 is 0. The first-order chi connectivity index (χ1) is 11.2. The lowest BCUT2D eigenvalue weighted by Gasteiger charge is -2.47. The molecule has 0 aliphatic heterocycles. The molecule has 0 unspecified atom stereocenters. The molecule has 140 valence electrons. The summed E-state index contributed by atoms with van der Waals surface area (Å²) in [7, 11) is 0. The van der Waals surface area contributed by atoms with Crippen molar-refractivity contribution >= 4 is 0 Å². The van der Waals surface area contributed by atoms with Crippen molar-refractivity contribution < 1.29 is 46.0 Å². The van der Waals surface area contributed by atoms with E-state index in [1.165, 1.54) is 6.08 Å². The van der Waals surface area contributed by atoms with Crippen molar-refractivity contribution in [2.75, 3.05) is 13.2 Å². The molecule has 9 atom stereocenters. The molecule has 1 saturated carbocycles. The highest BCUT2D eigenvalue weighted by Gasteiger charge is 2.52. The fourth-order valence-electron chi connectivity index (χ4n) is 3.27. The van der Waals surface area contributed by atoms with Gasteiger partial charge in [-0.25, -0.2) is 0 Å². The van der Waals surface area contributed by atoms with Crippen LogP contribution in [-0.2, 0) is 0 Å². The molecule has 0 amide bonds. The van der Waals surface area contributed by atoms with Crippen molar-refractivity contribution in [3.05, 3.63) is 11.6 Å². The molecule has 0 bridgehead atoms. The molecule has 0 radical (unpaired) electrons. The van der Waals surface area contributed by atoms with E-state index in [0.717, 1.165) is 0 Å². The van der Waals surface area contributed by atoms with Crippen LogP contribution in [0.2, 0.25) is 0 Å². The minimum absolute atomic E-state index is 0.0635. The molecule has 0 spiro atoms. The molecule has 24 heavy (non-hydrogen) atoms. The van der Waals surface area contributed by atoms with E-state index in [9.17, 15) is 46.0 Å². The fraction of sp³-hybridized carbons (Fsp3) is 0.857. The van der Waals surface area contributed by atoms with E-state index in [0.29, 0.717) is 0 Å². The van der Waals surface area contributed by atoms with Crippen LogP contribution in [0.3, 0.4) is 0 Å². The second-order valence-electron chi connectivity index (χ2n) is 6.52. The molecule has 2 aliphatic rings. The van der Waals surface area contributed by atoms with Crippen LogP contribution in [0.15, 0.2) is 11.6 Å². The topological polar surface area (TPSA) is 194 Å². The molecule has 10 heteroatoms. The summed E-state index contributed by atoms with van der Waals surface area (Å²) in [6.45, 7) is -1.42. The summed E-state index contributed by atoms with van der Waals surface area (Å²) in [6.07, 6.45) is -8.59. The van der Waals surface area contributed by atoms with Crippen LogP contribution in [-0.4, -0.2) is 113 Å². The van der Waals surface area contributed by atoms with E-state index >= 15 is 0 Å². The summed E-state index contributed by atoms with van der Waals surface area (Å²) in [5.41, 5.74) is -1.99. The predicted octanol–water partition coefficient (Wildman–Crippen LogP) is -5.46. The highest BCUT2D eigenvalue weighted by molar-refractivity contribution is 5.22. The van der Waals surface area contributed by atoms with Gasteiger partial charge in [0.25, 0.3) is 0 Å². The maximum atomic E-state index is 10.2. The van der Waals surface area contributed by atoms with Crippen molar-refractivity contribution in [3.8, 4) is 0 Å². The van der Waals surface area contributed by atoms with Crippen molar-refractivity contribution in [1.82, 2.24) is 5.32 Å². The zero-order valence-electron chi connectivity index (χ0n) is 12.8. The maximum absolute atomic E-state index is 10.2.